The molecule has 2 N–H and O–H groups in total. The molecule has 1 aliphatic rings. The molecular weight excluding hydrogens is 293 g/mol. The van der Waals surface area contributed by atoms with Gasteiger partial charge in [0.2, 0.25) is 5.91 Å². The molecule has 1 atom stereocenters. The highest BCUT2D eigenvalue weighted by molar-refractivity contribution is 6.34. The molecular formula is C11H11Cl2N3O3. The Morgan fingerprint density at radius 2 is 2.16 bits per heavy atom. The third-order valence-electron chi connectivity index (χ3n) is 2.76. The summed E-state index contributed by atoms with van der Waals surface area (Å²) in [4.78, 5) is 28.8. The monoisotopic (exact) mass is 303 g/mol. The topological polar surface area (TPSA) is 85.5 Å². The third kappa shape index (κ3) is 2.97. The van der Waals surface area contributed by atoms with Crippen LogP contribution in [0.2, 0.25) is 10.3 Å². The number of ether oxygens (including phenoxy) is 1. The number of rotatable bonds is 2. The molecule has 0 spiro atoms. The quantitative estimate of drug-likeness (QED) is 0.816. The molecule has 2 amide bonds. The van der Waals surface area contributed by atoms with Crippen molar-refractivity contribution in [3.8, 4) is 0 Å². The van der Waals surface area contributed by atoms with Crippen molar-refractivity contribution in [1.29, 1.82) is 0 Å². The summed E-state index contributed by atoms with van der Waals surface area (Å²) >= 11 is 11.6. The number of halogens is 2. The Balaban J connectivity index is 2.28. The van der Waals surface area contributed by atoms with Crippen LogP contribution in [-0.4, -0.2) is 47.5 Å². The normalized spacial score (nSPS) is 19.3. The van der Waals surface area contributed by atoms with E-state index < -0.39 is 17.9 Å². The van der Waals surface area contributed by atoms with Crippen molar-refractivity contribution < 1.29 is 14.3 Å². The largest absolute Gasteiger partial charge is 0.377 e. The van der Waals surface area contributed by atoms with E-state index in [2.05, 4.69) is 4.98 Å². The lowest BCUT2D eigenvalue weighted by molar-refractivity contribution is -0.127. The summed E-state index contributed by atoms with van der Waals surface area (Å²) in [5, 5.41) is 0.183. The molecule has 1 fully saturated rings. The number of nitrogens with zero attached hydrogens (tertiary/aromatic N) is 2. The van der Waals surface area contributed by atoms with E-state index in [1.54, 1.807) is 0 Å². The van der Waals surface area contributed by atoms with Gasteiger partial charge in [-0.15, -0.1) is 0 Å². The van der Waals surface area contributed by atoms with Gasteiger partial charge < -0.3 is 15.4 Å². The zero-order valence-electron chi connectivity index (χ0n) is 9.81. The highest BCUT2D eigenvalue weighted by Gasteiger charge is 2.32. The Bertz CT molecular complexity index is 524. The summed E-state index contributed by atoms with van der Waals surface area (Å²) < 4.78 is 5.14. The van der Waals surface area contributed by atoms with Crippen molar-refractivity contribution in [2.75, 3.05) is 19.8 Å². The van der Waals surface area contributed by atoms with Crippen LogP contribution in [-0.2, 0) is 9.53 Å². The van der Waals surface area contributed by atoms with Crippen molar-refractivity contribution in [2.45, 2.75) is 6.04 Å². The van der Waals surface area contributed by atoms with Crippen molar-refractivity contribution in [2.24, 2.45) is 5.73 Å². The Kier molecular flexibility index (Phi) is 4.24. The fraction of sp³-hybridized carbons (Fsp3) is 0.364. The average Bonchev–Trinajstić information content (AvgIpc) is 2.38. The van der Waals surface area contributed by atoms with Crippen LogP contribution in [0.5, 0.6) is 0 Å². The van der Waals surface area contributed by atoms with Crippen LogP contribution in [0.15, 0.2) is 12.1 Å². The molecule has 1 saturated heterocycles. The lowest BCUT2D eigenvalue weighted by Gasteiger charge is -2.33. The van der Waals surface area contributed by atoms with Crippen molar-refractivity contribution in [3.05, 3.63) is 28.0 Å². The maximum atomic E-state index is 12.3. The molecule has 8 heteroatoms. The summed E-state index contributed by atoms with van der Waals surface area (Å²) in [6, 6.07) is 2.13. The maximum absolute atomic E-state index is 12.3. The zero-order valence-corrected chi connectivity index (χ0v) is 11.3. The first kappa shape index (κ1) is 14.0. The number of nitrogens with two attached hydrogens (primary N) is 1. The van der Waals surface area contributed by atoms with Gasteiger partial charge in [0.15, 0.2) is 0 Å². The van der Waals surface area contributed by atoms with E-state index in [9.17, 15) is 9.59 Å². The van der Waals surface area contributed by atoms with E-state index in [0.29, 0.717) is 6.61 Å². The molecule has 2 heterocycles. The fourth-order valence-corrected chi connectivity index (χ4v) is 2.23. The van der Waals surface area contributed by atoms with Gasteiger partial charge >= 0.3 is 0 Å². The number of morpholine rings is 1. The minimum absolute atomic E-state index is 0.00721. The van der Waals surface area contributed by atoms with Crippen molar-refractivity contribution in [3.63, 3.8) is 0 Å². The maximum Gasteiger partial charge on any atom is 0.257 e. The summed E-state index contributed by atoms with van der Waals surface area (Å²) in [5.74, 6) is -1.03. The van der Waals surface area contributed by atoms with E-state index >= 15 is 0 Å². The number of carbonyl (C=O) groups excluding carboxylic acids is 2. The second kappa shape index (κ2) is 5.73. The molecule has 2 rings (SSSR count). The molecule has 102 valence electrons. The lowest BCUT2D eigenvalue weighted by atomic mass is 10.1. The molecule has 0 bridgehead atoms. The van der Waals surface area contributed by atoms with Gasteiger partial charge in [0.1, 0.15) is 16.3 Å². The van der Waals surface area contributed by atoms with E-state index in [1.165, 1.54) is 17.0 Å². The van der Waals surface area contributed by atoms with E-state index in [4.69, 9.17) is 33.7 Å². The summed E-state index contributed by atoms with van der Waals surface area (Å²) in [6.07, 6.45) is 0. The van der Waals surface area contributed by atoms with E-state index in [0.717, 1.165) is 0 Å². The number of hydrogen-bond donors (Lipinski definition) is 1. The number of pyridine rings is 1. The van der Waals surface area contributed by atoms with Gasteiger partial charge in [-0.05, 0) is 12.1 Å². The van der Waals surface area contributed by atoms with Gasteiger partial charge in [0.05, 0.1) is 18.8 Å². The van der Waals surface area contributed by atoms with Crippen LogP contribution in [0.25, 0.3) is 0 Å². The highest BCUT2D eigenvalue weighted by Crippen LogP contribution is 2.20. The molecule has 0 saturated carbocycles. The Morgan fingerprint density at radius 1 is 1.42 bits per heavy atom. The summed E-state index contributed by atoms with van der Waals surface area (Å²) in [7, 11) is 0. The van der Waals surface area contributed by atoms with Crippen LogP contribution >= 0.6 is 23.2 Å². The van der Waals surface area contributed by atoms with Gasteiger partial charge in [-0.2, -0.15) is 0 Å². The smallest absolute Gasteiger partial charge is 0.257 e. The Morgan fingerprint density at radius 3 is 2.79 bits per heavy atom. The minimum Gasteiger partial charge on any atom is -0.377 e. The van der Waals surface area contributed by atoms with Gasteiger partial charge in [0, 0.05) is 6.54 Å². The first-order valence-corrected chi connectivity index (χ1v) is 6.26. The zero-order chi connectivity index (χ0) is 14.0. The fourth-order valence-electron chi connectivity index (χ4n) is 1.81. The van der Waals surface area contributed by atoms with Crippen LogP contribution in [0, 0.1) is 0 Å². The number of amides is 2. The van der Waals surface area contributed by atoms with Crippen molar-refractivity contribution in [1.82, 2.24) is 9.88 Å². The third-order valence-corrected chi connectivity index (χ3v) is 3.26. The molecule has 6 nitrogen and oxygen atoms in total. The molecule has 0 aliphatic carbocycles. The van der Waals surface area contributed by atoms with Crippen LogP contribution < -0.4 is 5.73 Å². The van der Waals surface area contributed by atoms with Crippen molar-refractivity contribution >= 4 is 35.0 Å². The first-order valence-electron chi connectivity index (χ1n) is 5.51. The highest BCUT2D eigenvalue weighted by atomic mass is 35.5. The SMILES string of the molecule is NC(=O)C1COCCN1C(=O)c1ccc(Cl)nc1Cl. The van der Waals surface area contributed by atoms with Gasteiger partial charge in [-0.1, -0.05) is 23.2 Å². The van der Waals surface area contributed by atoms with Crippen LogP contribution in [0.1, 0.15) is 10.4 Å². The van der Waals surface area contributed by atoms with Gasteiger partial charge in [-0.25, -0.2) is 4.98 Å². The van der Waals surface area contributed by atoms with Crippen LogP contribution in [0.3, 0.4) is 0 Å². The molecule has 0 aromatic carbocycles. The molecule has 1 aromatic rings. The second-order valence-corrected chi connectivity index (χ2v) is 4.71. The standard InChI is InChI=1S/C11H11Cl2N3O3/c12-8-2-1-6(9(13)15-8)11(18)16-3-4-19-5-7(16)10(14)17/h1-2,7H,3-5H2,(H2,14,17). The predicted molar refractivity (Wildman–Crippen MR) is 69.1 cm³/mol. The summed E-state index contributed by atoms with van der Waals surface area (Å²) in [6.45, 7) is 0.694. The minimum atomic E-state index is -0.798. The van der Waals surface area contributed by atoms with Gasteiger partial charge in [-0.3, -0.25) is 9.59 Å². The molecule has 19 heavy (non-hydrogen) atoms. The molecule has 1 aromatic heterocycles. The summed E-state index contributed by atoms with van der Waals surface area (Å²) in [5.41, 5.74) is 5.43. The molecule has 1 unspecified atom stereocenters. The van der Waals surface area contributed by atoms with Gasteiger partial charge in [0.25, 0.3) is 5.91 Å². The Labute approximate surface area is 119 Å². The number of aromatic nitrogens is 1. The predicted octanol–water partition coefficient (Wildman–Crippen LogP) is 0.715. The Hall–Kier alpha value is -1.37. The number of primary amides is 1. The molecule has 0 radical (unpaired) electrons. The number of hydrogen-bond acceptors (Lipinski definition) is 4. The van der Waals surface area contributed by atoms with E-state index in [1.807, 2.05) is 0 Å². The molecule has 1 aliphatic heterocycles. The lowest BCUT2D eigenvalue weighted by Crippen LogP contribution is -2.54. The van der Waals surface area contributed by atoms with E-state index in [-0.39, 0.29) is 29.0 Å². The number of carbonyl (C=O) groups is 2. The second-order valence-electron chi connectivity index (χ2n) is 3.96. The van der Waals surface area contributed by atoms with Crippen LogP contribution in [0.4, 0.5) is 0 Å². The average molecular weight is 304 g/mol. The first-order chi connectivity index (χ1) is 9.00.